The number of hydrogen-bond acceptors (Lipinski definition) is 5. The summed E-state index contributed by atoms with van der Waals surface area (Å²) in [6.07, 6.45) is 1.57. The number of halogens is 1. The van der Waals surface area contributed by atoms with Gasteiger partial charge in [-0.1, -0.05) is 30.3 Å². The van der Waals surface area contributed by atoms with E-state index in [0.717, 1.165) is 40.1 Å². The molecule has 7 nitrogen and oxygen atoms in total. The van der Waals surface area contributed by atoms with Crippen LogP contribution >= 0.6 is 15.9 Å². The van der Waals surface area contributed by atoms with Crippen LogP contribution in [-0.4, -0.2) is 56.7 Å². The predicted octanol–water partition coefficient (Wildman–Crippen LogP) is 2.75. The van der Waals surface area contributed by atoms with Crippen LogP contribution in [0.3, 0.4) is 0 Å². The molecule has 1 saturated heterocycles. The summed E-state index contributed by atoms with van der Waals surface area (Å²) < 4.78 is 2.48. The zero-order valence-corrected chi connectivity index (χ0v) is 17.8. The SMILES string of the molecule is Cn1nc(Br)c2c(N3CCN(C(=O)C(C)(C)c4ccccc4)CC3)ncnc21. The van der Waals surface area contributed by atoms with Gasteiger partial charge in [0.2, 0.25) is 5.91 Å². The fraction of sp³-hybridized carbons (Fsp3) is 0.400. The van der Waals surface area contributed by atoms with Gasteiger partial charge in [0.1, 0.15) is 16.7 Å². The molecule has 0 bridgehead atoms. The summed E-state index contributed by atoms with van der Waals surface area (Å²) in [5.74, 6) is 1.02. The van der Waals surface area contributed by atoms with Crippen LogP contribution in [0.15, 0.2) is 41.3 Å². The van der Waals surface area contributed by atoms with Gasteiger partial charge in [-0.2, -0.15) is 5.10 Å². The molecule has 0 saturated carbocycles. The van der Waals surface area contributed by atoms with Crippen LogP contribution in [0.2, 0.25) is 0 Å². The standard InChI is InChI=1S/C20H23BrN6O/c1-20(2,14-7-5-4-6-8-14)19(28)27-11-9-26(10-12-27)18-15-16(21)24-25(3)17(15)22-13-23-18/h4-8,13H,9-12H2,1-3H3. The number of aromatic nitrogens is 4. The summed E-state index contributed by atoms with van der Waals surface area (Å²) in [7, 11) is 1.87. The van der Waals surface area contributed by atoms with Crippen molar-refractivity contribution in [1.29, 1.82) is 0 Å². The average molecular weight is 443 g/mol. The molecular formula is C20H23BrN6O. The minimum Gasteiger partial charge on any atom is -0.352 e. The largest absolute Gasteiger partial charge is 0.352 e. The normalized spacial score (nSPS) is 15.3. The molecular weight excluding hydrogens is 420 g/mol. The molecule has 4 rings (SSSR count). The summed E-state index contributed by atoms with van der Waals surface area (Å²) in [6.45, 7) is 6.78. The molecule has 1 aromatic carbocycles. The molecule has 0 unspecified atom stereocenters. The van der Waals surface area contributed by atoms with Gasteiger partial charge in [-0.25, -0.2) is 14.6 Å². The first kappa shape index (κ1) is 18.9. The highest BCUT2D eigenvalue weighted by atomic mass is 79.9. The molecule has 1 fully saturated rings. The molecule has 0 N–H and O–H groups in total. The van der Waals surface area contributed by atoms with Crippen molar-refractivity contribution in [3.05, 3.63) is 46.8 Å². The predicted molar refractivity (Wildman–Crippen MR) is 112 cm³/mol. The lowest BCUT2D eigenvalue weighted by Gasteiger charge is -2.39. The van der Waals surface area contributed by atoms with Crippen molar-refractivity contribution in [3.8, 4) is 0 Å². The van der Waals surface area contributed by atoms with Crippen LogP contribution in [0.4, 0.5) is 5.82 Å². The Morgan fingerprint density at radius 2 is 1.75 bits per heavy atom. The number of anilines is 1. The number of carbonyl (C=O) groups is 1. The lowest BCUT2D eigenvalue weighted by molar-refractivity contribution is -0.136. The monoisotopic (exact) mass is 442 g/mol. The Labute approximate surface area is 172 Å². The van der Waals surface area contributed by atoms with Gasteiger partial charge in [0, 0.05) is 33.2 Å². The molecule has 0 aliphatic carbocycles. The second kappa shape index (κ2) is 7.16. The number of fused-ring (bicyclic) bond motifs is 1. The summed E-state index contributed by atoms with van der Waals surface area (Å²) >= 11 is 3.52. The Hall–Kier alpha value is -2.48. The molecule has 28 heavy (non-hydrogen) atoms. The van der Waals surface area contributed by atoms with Crippen molar-refractivity contribution in [2.24, 2.45) is 7.05 Å². The Balaban J connectivity index is 1.52. The highest BCUT2D eigenvalue weighted by Gasteiger charge is 2.35. The number of amides is 1. The Morgan fingerprint density at radius 1 is 1.07 bits per heavy atom. The number of benzene rings is 1. The van der Waals surface area contributed by atoms with E-state index >= 15 is 0 Å². The van der Waals surface area contributed by atoms with Crippen molar-refractivity contribution in [2.45, 2.75) is 19.3 Å². The maximum absolute atomic E-state index is 13.2. The van der Waals surface area contributed by atoms with E-state index in [1.54, 1.807) is 11.0 Å². The summed E-state index contributed by atoms with van der Waals surface area (Å²) in [4.78, 5) is 26.2. The van der Waals surface area contributed by atoms with Crippen LogP contribution in [-0.2, 0) is 17.3 Å². The van der Waals surface area contributed by atoms with E-state index in [1.807, 2.05) is 56.1 Å². The molecule has 0 atom stereocenters. The van der Waals surface area contributed by atoms with Crippen LogP contribution in [0, 0.1) is 0 Å². The first-order chi connectivity index (χ1) is 13.4. The van der Waals surface area contributed by atoms with Crippen molar-refractivity contribution < 1.29 is 4.79 Å². The molecule has 3 aromatic rings. The first-order valence-corrected chi connectivity index (χ1v) is 10.1. The van der Waals surface area contributed by atoms with Gasteiger partial charge in [0.15, 0.2) is 5.65 Å². The smallest absolute Gasteiger partial charge is 0.232 e. The van der Waals surface area contributed by atoms with E-state index in [0.29, 0.717) is 13.1 Å². The summed E-state index contributed by atoms with van der Waals surface area (Å²) in [5, 5.41) is 5.31. The van der Waals surface area contributed by atoms with Gasteiger partial charge in [-0.05, 0) is 35.3 Å². The fourth-order valence-electron chi connectivity index (χ4n) is 3.76. The molecule has 1 aliphatic heterocycles. The van der Waals surface area contributed by atoms with E-state index in [9.17, 15) is 4.79 Å². The second-order valence-corrected chi connectivity index (χ2v) is 8.33. The zero-order valence-electron chi connectivity index (χ0n) is 16.3. The van der Waals surface area contributed by atoms with Crippen molar-refractivity contribution in [2.75, 3.05) is 31.1 Å². The van der Waals surface area contributed by atoms with Gasteiger partial charge in [-0.3, -0.25) is 4.79 Å². The van der Waals surface area contributed by atoms with E-state index in [2.05, 4.69) is 35.9 Å². The number of aryl methyl sites for hydroxylation is 1. The molecule has 1 amide bonds. The van der Waals surface area contributed by atoms with Crippen molar-refractivity contribution in [1.82, 2.24) is 24.6 Å². The number of nitrogens with zero attached hydrogens (tertiary/aromatic N) is 6. The third kappa shape index (κ3) is 3.15. The van der Waals surface area contributed by atoms with Gasteiger partial charge >= 0.3 is 0 Å². The Bertz CT molecular complexity index is 1010. The summed E-state index contributed by atoms with van der Waals surface area (Å²) in [5.41, 5.74) is 1.29. The minimum absolute atomic E-state index is 0.161. The van der Waals surface area contributed by atoms with Crippen LogP contribution in [0.5, 0.6) is 0 Å². The Kier molecular flexibility index (Phi) is 4.82. The van der Waals surface area contributed by atoms with Crippen LogP contribution in [0.25, 0.3) is 11.0 Å². The van der Waals surface area contributed by atoms with Gasteiger partial charge in [0.05, 0.1) is 10.8 Å². The van der Waals surface area contributed by atoms with Crippen LogP contribution in [0.1, 0.15) is 19.4 Å². The van der Waals surface area contributed by atoms with E-state index < -0.39 is 5.41 Å². The maximum Gasteiger partial charge on any atom is 0.232 e. The van der Waals surface area contributed by atoms with Gasteiger partial charge in [-0.15, -0.1) is 0 Å². The Morgan fingerprint density at radius 3 is 2.43 bits per heavy atom. The van der Waals surface area contributed by atoms with Gasteiger partial charge in [0.25, 0.3) is 0 Å². The zero-order chi connectivity index (χ0) is 19.9. The minimum atomic E-state index is -0.544. The van der Waals surface area contributed by atoms with Crippen molar-refractivity contribution >= 4 is 38.7 Å². The maximum atomic E-state index is 13.2. The number of hydrogen-bond donors (Lipinski definition) is 0. The van der Waals surface area contributed by atoms with E-state index in [4.69, 9.17) is 0 Å². The lowest BCUT2D eigenvalue weighted by atomic mass is 9.83. The topological polar surface area (TPSA) is 67.2 Å². The third-order valence-electron chi connectivity index (χ3n) is 5.45. The van der Waals surface area contributed by atoms with E-state index in [1.165, 1.54) is 0 Å². The first-order valence-electron chi connectivity index (χ1n) is 9.32. The fourth-order valence-corrected chi connectivity index (χ4v) is 4.35. The molecule has 3 heterocycles. The lowest BCUT2D eigenvalue weighted by Crippen LogP contribution is -2.53. The van der Waals surface area contributed by atoms with Crippen LogP contribution < -0.4 is 4.90 Å². The number of rotatable bonds is 3. The highest BCUT2D eigenvalue weighted by Crippen LogP contribution is 2.31. The second-order valence-electron chi connectivity index (χ2n) is 7.58. The number of piperazine rings is 1. The molecule has 1 aliphatic rings. The average Bonchev–Trinajstić information content (AvgIpc) is 3.02. The molecule has 146 valence electrons. The third-order valence-corrected chi connectivity index (χ3v) is 6.01. The highest BCUT2D eigenvalue weighted by molar-refractivity contribution is 9.10. The summed E-state index contributed by atoms with van der Waals surface area (Å²) in [6, 6.07) is 9.97. The van der Waals surface area contributed by atoms with Crippen molar-refractivity contribution in [3.63, 3.8) is 0 Å². The quantitative estimate of drug-likeness (QED) is 0.623. The van der Waals surface area contributed by atoms with E-state index in [-0.39, 0.29) is 5.91 Å². The molecule has 2 aromatic heterocycles. The molecule has 8 heteroatoms. The molecule has 0 radical (unpaired) electrons. The molecule has 0 spiro atoms. The van der Waals surface area contributed by atoms with Gasteiger partial charge < -0.3 is 9.80 Å². The number of carbonyl (C=O) groups excluding carboxylic acids is 1.